The third-order valence-corrected chi connectivity index (χ3v) is 5.59. The molecule has 1 unspecified atom stereocenters. The van der Waals surface area contributed by atoms with Gasteiger partial charge in [0.2, 0.25) is 5.91 Å². The molecule has 31 heavy (non-hydrogen) atoms. The number of anilines is 2. The van der Waals surface area contributed by atoms with Crippen LogP contribution in [0.1, 0.15) is 18.4 Å². The van der Waals surface area contributed by atoms with Crippen molar-refractivity contribution in [2.24, 2.45) is 0 Å². The molecule has 0 radical (unpaired) electrons. The maximum atomic E-state index is 13.5. The summed E-state index contributed by atoms with van der Waals surface area (Å²) in [5.74, 6) is -3.95. The summed E-state index contributed by atoms with van der Waals surface area (Å²) in [6.07, 6.45) is -4.78. The first-order valence-electron chi connectivity index (χ1n) is 8.86. The molecule has 3 rings (SSSR count). The molecule has 164 valence electrons. The minimum Gasteiger partial charge on any atom is -0.356 e. The number of likely N-dealkylation sites (N-methyl/N-ethyl adjacent to an activating group) is 1. The number of nitrogens with zero attached hydrogens (tertiary/aromatic N) is 1. The smallest absolute Gasteiger partial charge is 0.356 e. The summed E-state index contributed by atoms with van der Waals surface area (Å²) in [7, 11) is 0. The number of carbonyl (C=O) groups is 2. The Kier molecular flexibility index (Phi) is 6.80. The molecule has 3 aromatic rings. The highest BCUT2D eigenvalue weighted by atomic mass is 79.9. The van der Waals surface area contributed by atoms with Gasteiger partial charge < -0.3 is 10.6 Å². The Labute approximate surface area is 186 Å². The minimum atomic E-state index is -4.78. The number of halogens is 5. The first-order valence-corrected chi connectivity index (χ1v) is 10.5. The standard InChI is InChI=1S/C19H15BrF4N4O2S/c1-2-25-16(29)14(19(22,23)24)9-7-12(20)15-13(8-9)31-18(27-15)28-17(30)26-11-5-3-10(21)4-6-11/h3-8,14H,2H2,1H3,(H,25,29)(H2,26,27,28,30). The van der Waals surface area contributed by atoms with Gasteiger partial charge in [0.15, 0.2) is 11.0 Å². The molecule has 2 aromatic carbocycles. The van der Waals surface area contributed by atoms with Crippen molar-refractivity contribution in [3.8, 4) is 0 Å². The van der Waals surface area contributed by atoms with E-state index in [0.717, 1.165) is 11.3 Å². The normalized spacial score (nSPS) is 12.5. The Hall–Kier alpha value is -2.73. The molecule has 3 N–H and O–H groups in total. The summed E-state index contributed by atoms with van der Waals surface area (Å²) in [5, 5.41) is 7.31. The number of urea groups is 1. The Balaban J connectivity index is 1.86. The zero-order valence-electron chi connectivity index (χ0n) is 15.8. The largest absolute Gasteiger partial charge is 0.404 e. The van der Waals surface area contributed by atoms with Gasteiger partial charge in [0.05, 0.1) is 10.2 Å². The van der Waals surface area contributed by atoms with E-state index in [1.165, 1.54) is 43.3 Å². The second-order valence-electron chi connectivity index (χ2n) is 6.32. The third-order valence-electron chi connectivity index (χ3n) is 4.07. The van der Waals surface area contributed by atoms with E-state index in [4.69, 9.17) is 0 Å². The van der Waals surface area contributed by atoms with Crippen LogP contribution in [0.2, 0.25) is 0 Å². The van der Waals surface area contributed by atoms with Crippen LogP contribution >= 0.6 is 27.3 Å². The lowest BCUT2D eigenvalue weighted by Gasteiger charge is -2.20. The molecular formula is C19H15BrF4N4O2S. The second kappa shape index (κ2) is 9.18. The van der Waals surface area contributed by atoms with Crippen LogP contribution in [0.25, 0.3) is 10.2 Å². The quantitative estimate of drug-likeness (QED) is 0.383. The van der Waals surface area contributed by atoms with E-state index in [9.17, 15) is 27.2 Å². The fourth-order valence-corrected chi connectivity index (χ4v) is 4.42. The molecule has 3 amide bonds. The lowest BCUT2D eigenvalue weighted by molar-refractivity contribution is -0.164. The monoisotopic (exact) mass is 518 g/mol. The van der Waals surface area contributed by atoms with E-state index in [-0.39, 0.29) is 21.7 Å². The number of carbonyl (C=O) groups excluding carboxylic acids is 2. The average Bonchev–Trinajstić information content (AvgIpc) is 3.05. The molecule has 0 bridgehead atoms. The van der Waals surface area contributed by atoms with Gasteiger partial charge in [-0.3, -0.25) is 10.1 Å². The zero-order chi connectivity index (χ0) is 22.8. The molecule has 0 fully saturated rings. The molecule has 1 aromatic heterocycles. The number of aromatic nitrogens is 1. The van der Waals surface area contributed by atoms with E-state index < -0.39 is 29.8 Å². The van der Waals surface area contributed by atoms with Crippen molar-refractivity contribution in [3.05, 3.63) is 52.3 Å². The number of nitrogens with one attached hydrogen (secondary N) is 3. The molecule has 6 nitrogen and oxygen atoms in total. The van der Waals surface area contributed by atoms with Crippen molar-refractivity contribution in [2.75, 3.05) is 17.2 Å². The van der Waals surface area contributed by atoms with Gasteiger partial charge >= 0.3 is 12.2 Å². The van der Waals surface area contributed by atoms with Crippen molar-refractivity contribution < 1.29 is 27.2 Å². The fraction of sp³-hybridized carbons (Fsp3) is 0.211. The number of thiazole rings is 1. The van der Waals surface area contributed by atoms with E-state index in [0.29, 0.717) is 15.9 Å². The predicted molar refractivity (Wildman–Crippen MR) is 114 cm³/mol. The second-order valence-corrected chi connectivity index (χ2v) is 8.21. The highest BCUT2D eigenvalue weighted by molar-refractivity contribution is 9.10. The average molecular weight is 519 g/mol. The third kappa shape index (κ3) is 5.50. The van der Waals surface area contributed by atoms with Gasteiger partial charge in [0, 0.05) is 16.7 Å². The molecule has 1 heterocycles. The van der Waals surface area contributed by atoms with Gasteiger partial charge in [-0.1, -0.05) is 11.3 Å². The van der Waals surface area contributed by atoms with Crippen molar-refractivity contribution >= 4 is 60.2 Å². The molecule has 0 aliphatic heterocycles. The number of hydrogen-bond donors (Lipinski definition) is 3. The van der Waals surface area contributed by atoms with Gasteiger partial charge in [0.1, 0.15) is 5.82 Å². The lowest BCUT2D eigenvalue weighted by Crippen LogP contribution is -2.37. The zero-order valence-corrected chi connectivity index (χ0v) is 18.2. The van der Waals surface area contributed by atoms with E-state index >= 15 is 0 Å². The number of benzene rings is 2. The highest BCUT2D eigenvalue weighted by Crippen LogP contribution is 2.40. The minimum absolute atomic E-state index is 0.0621. The van der Waals surface area contributed by atoms with Crippen molar-refractivity contribution in [1.29, 1.82) is 0 Å². The van der Waals surface area contributed by atoms with Gasteiger partial charge in [-0.2, -0.15) is 13.2 Å². The van der Waals surface area contributed by atoms with Crippen LogP contribution in [0.15, 0.2) is 40.9 Å². The van der Waals surface area contributed by atoms with Gasteiger partial charge in [-0.05, 0) is 64.8 Å². The van der Waals surface area contributed by atoms with Crippen LogP contribution in [0, 0.1) is 5.82 Å². The summed E-state index contributed by atoms with van der Waals surface area (Å²) in [5.41, 5.74) is 0.435. The van der Waals surface area contributed by atoms with Crippen LogP contribution in [0.5, 0.6) is 0 Å². The van der Waals surface area contributed by atoms with Crippen molar-refractivity contribution in [2.45, 2.75) is 19.0 Å². The predicted octanol–water partition coefficient (Wildman–Crippen LogP) is 5.62. The Morgan fingerprint density at radius 1 is 1.16 bits per heavy atom. The summed E-state index contributed by atoms with van der Waals surface area (Å²) >= 11 is 4.14. The molecule has 0 aliphatic rings. The van der Waals surface area contributed by atoms with Crippen LogP contribution in [-0.4, -0.2) is 29.6 Å². The highest BCUT2D eigenvalue weighted by Gasteiger charge is 2.46. The summed E-state index contributed by atoms with van der Waals surface area (Å²) < 4.78 is 54.2. The number of fused-ring (bicyclic) bond motifs is 1. The molecule has 0 saturated heterocycles. The molecule has 0 saturated carbocycles. The molecule has 1 atom stereocenters. The van der Waals surface area contributed by atoms with Gasteiger partial charge in [-0.25, -0.2) is 14.2 Å². The van der Waals surface area contributed by atoms with Crippen molar-refractivity contribution in [3.63, 3.8) is 0 Å². The van der Waals surface area contributed by atoms with Crippen LogP contribution < -0.4 is 16.0 Å². The topological polar surface area (TPSA) is 83.1 Å². The Morgan fingerprint density at radius 2 is 1.84 bits per heavy atom. The van der Waals surface area contributed by atoms with Crippen molar-refractivity contribution in [1.82, 2.24) is 10.3 Å². The lowest BCUT2D eigenvalue weighted by atomic mass is 9.97. The summed E-state index contributed by atoms with van der Waals surface area (Å²) in [4.78, 5) is 28.4. The van der Waals surface area contributed by atoms with Crippen LogP contribution in [-0.2, 0) is 4.79 Å². The van der Waals surface area contributed by atoms with E-state index in [1.54, 1.807) is 0 Å². The maximum absolute atomic E-state index is 13.5. The van der Waals surface area contributed by atoms with Crippen LogP contribution in [0.3, 0.4) is 0 Å². The number of hydrogen-bond acceptors (Lipinski definition) is 4. The van der Waals surface area contributed by atoms with Gasteiger partial charge in [-0.15, -0.1) is 0 Å². The number of alkyl halides is 3. The van der Waals surface area contributed by atoms with E-state index in [1.807, 2.05) is 0 Å². The SMILES string of the molecule is CCNC(=O)C(c1cc(Br)c2nc(NC(=O)Nc3ccc(F)cc3)sc2c1)C(F)(F)F. The first-order chi connectivity index (χ1) is 14.6. The molecule has 12 heteroatoms. The Bertz CT molecular complexity index is 1120. The van der Waals surface area contributed by atoms with E-state index in [2.05, 4.69) is 36.9 Å². The summed E-state index contributed by atoms with van der Waals surface area (Å²) in [6.45, 7) is 1.59. The fourth-order valence-electron chi connectivity index (χ4n) is 2.79. The van der Waals surface area contributed by atoms with Gasteiger partial charge in [0.25, 0.3) is 0 Å². The summed E-state index contributed by atoms with van der Waals surface area (Å²) in [6, 6.07) is 6.86. The maximum Gasteiger partial charge on any atom is 0.404 e. The molecular weight excluding hydrogens is 504 g/mol. The number of rotatable bonds is 5. The number of amides is 3. The molecule has 0 aliphatic carbocycles. The molecule has 0 spiro atoms. The Morgan fingerprint density at radius 3 is 2.45 bits per heavy atom. The van der Waals surface area contributed by atoms with Crippen LogP contribution in [0.4, 0.5) is 33.2 Å². The first kappa shape index (κ1) is 22.9.